The van der Waals surface area contributed by atoms with Crippen LogP contribution in [-0.4, -0.2) is 34.9 Å². The van der Waals surface area contributed by atoms with Crippen molar-refractivity contribution in [2.75, 3.05) is 26.0 Å². The number of anilines is 1. The van der Waals surface area contributed by atoms with Crippen LogP contribution in [0.4, 0.5) is 9.52 Å². The van der Waals surface area contributed by atoms with Crippen LogP contribution in [0.1, 0.15) is 11.6 Å². The number of hydrogen-bond acceptors (Lipinski definition) is 5. The van der Waals surface area contributed by atoms with Crippen molar-refractivity contribution < 1.29 is 4.39 Å². The number of aromatic nitrogens is 2. The summed E-state index contributed by atoms with van der Waals surface area (Å²) in [6.07, 6.45) is 0. The molecule has 0 bridgehead atoms. The minimum atomic E-state index is -0.221. The summed E-state index contributed by atoms with van der Waals surface area (Å²) in [6, 6.07) is 16.6. The zero-order valence-electron chi connectivity index (χ0n) is 13.6. The maximum atomic E-state index is 13.1. The maximum Gasteiger partial charge on any atom is 0.202 e. The fourth-order valence-electron chi connectivity index (χ4n) is 2.47. The third-order valence-corrected chi connectivity index (χ3v) is 4.46. The van der Waals surface area contributed by atoms with Gasteiger partial charge in [0.2, 0.25) is 5.13 Å². The molecule has 0 aliphatic heterocycles. The van der Waals surface area contributed by atoms with Crippen molar-refractivity contribution in [1.29, 1.82) is 0 Å². The molecule has 1 N–H and O–H groups in total. The predicted molar refractivity (Wildman–Crippen MR) is 96.7 cm³/mol. The first-order valence-electron chi connectivity index (χ1n) is 7.68. The van der Waals surface area contributed by atoms with Crippen molar-refractivity contribution in [1.82, 2.24) is 14.3 Å². The molecule has 1 aromatic heterocycles. The molecule has 3 rings (SSSR count). The van der Waals surface area contributed by atoms with E-state index in [9.17, 15) is 4.39 Å². The van der Waals surface area contributed by atoms with Crippen molar-refractivity contribution in [3.05, 3.63) is 66.0 Å². The predicted octanol–water partition coefficient (Wildman–Crippen LogP) is 4.06. The van der Waals surface area contributed by atoms with E-state index in [1.165, 1.54) is 23.7 Å². The average molecular weight is 342 g/mol. The summed E-state index contributed by atoms with van der Waals surface area (Å²) in [6.45, 7) is 0.669. The fraction of sp³-hybridized carbons (Fsp3) is 0.222. The van der Waals surface area contributed by atoms with Crippen LogP contribution >= 0.6 is 11.5 Å². The largest absolute Gasteiger partial charge is 0.358 e. The Hall–Kier alpha value is -2.31. The highest BCUT2D eigenvalue weighted by Crippen LogP contribution is 2.23. The summed E-state index contributed by atoms with van der Waals surface area (Å²) >= 11 is 1.34. The lowest BCUT2D eigenvalue weighted by Crippen LogP contribution is -2.26. The summed E-state index contributed by atoms with van der Waals surface area (Å²) in [4.78, 5) is 6.63. The van der Waals surface area contributed by atoms with Gasteiger partial charge in [-0.1, -0.05) is 42.5 Å². The number of likely N-dealkylation sites (N-methyl/N-ethyl adjacent to an activating group) is 1. The fourth-order valence-corrected chi connectivity index (χ4v) is 3.06. The summed E-state index contributed by atoms with van der Waals surface area (Å²) in [7, 11) is 4.01. The van der Waals surface area contributed by atoms with E-state index >= 15 is 0 Å². The third kappa shape index (κ3) is 3.96. The van der Waals surface area contributed by atoms with Gasteiger partial charge >= 0.3 is 0 Å². The van der Waals surface area contributed by atoms with Gasteiger partial charge < -0.3 is 10.2 Å². The van der Waals surface area contributed by atoms with Gasteiger partial charge in [0.05, 0.1) is 6.04 Å². The van der Waals surface area contributed by atoms with Crippen LogP contribution in [0.3, 0.4) is 0 Å². The van der Waals surface area contributed by atoms with Crippen molar-refractivity contribution in [3.63, 3.8) is 0 Å². The zero-order valence-corrected chi connectivity index (χ0v) is 14.4. The Morgan fingerprint density at radius 1 is 1.08 bits per heavy atom. The second-order valence-corrected chi connectivity index (χ2v) is 6.45. The first-order valence-corrected chi connectivity index (χ1v) is 8.46. The molecule has 0 saturated carbocycles. The number of benzene rings is 2. The van der Waals surface area contributed by atoms with Crippen LogP contribution in [0.25, 0.3) is 11.4 Å². The number of nitrogens with zero attached hydrogens (tertiary/aromatic N) is 3. The Balaban J connectivity index is 1.69. The molecule has 0 aliphatic carbocycles. The van der Waals surface area contributed by atoms with Crippen molar-refractivity contribution in [3.8, 4) is 11.4 Å². The van der Waals surface area contributed by atoms with Crippen molar-refractivity contribution in [2.45, 2.75) is 6.04 Å². The van der Waals surface area contributed by atoms with Gasteiger partial charge in [0.25, 0.3) is 0 Å². The lowest BCUT2D eigenvalue weighted by molar-refractivity contribution is 0.311. The Kier molecular flexibility index (Phi) is 5.17. The molecule has 0 spiro atoms. The highest BCUT2D eigenvalue weighted by atomic mass is 32.1. The molecule has 1 heterocycles. The molecule has 0 aliphatic rings. The molecule has 0 radical (unpaired) electrons. The maximum absolute atomic E-state index is 13.1. The van der Waals surface area contributed by atoms with Crippen LogP contribution in [0.2, 0.25) is 0 Å². The summed E-state index contributed by atoms with van der Waals surface area (Å²) < 4.78 is 17.5. The Labute approximate surface area is 145 Å². The monoisotopic (exact) mass is 342 g/mol. The van der Waals surface area contributed by atoms with E-state index in [-0.39, 0.29) is 11.9 Å². The first-order chi connectivity index (χ1) is 11.6. The van der Waals surface area contributed by atoms with Gasteiger partial charge in [0, 0.05) is 23.6 Å². The topological polar surface area (TPSA) is 41.0 Å². The number of hydrogen-bond donors (Lipinski definition) is 1. The molecule has 24 heavy (non-hydrogen) atoms. The number of halogens is 1. The standard InChI is InChI=1S/C18H19FN4S/c1-23(2)16(13-8-10-15(19)11-9-13)12-20-18-21-17(22-24-18)14-6-4-3-5-7-14/h3-11,16H,12H2,1-2H3,(H,20,21,22). The molecule has 6 heteroatoms. The quantitative estimate of drug-likeness (QED) is 0.733. The smallest absolute Gasteiger partial charge is 0.202 e. The van der Waals surface area contributed by atoms with E-state index in [2.05, 4.69) is 19.6 Å². The molecular formula is C18H19FN4S. The molecule has 4 nitrogen and oxygen atoms in total. The van der Waals surface area contributed by atoms with Crippen LogP contribution in [-0.2, 0) is 0 Å². The van der Waals surface area contributed by atoms with Gasteiger partial charge in [0.15, 0.2) is 5.82 Å². The SMILES string of the molecule is CN(C)C(CNc1nc(-c2ccccc2)ns1)c1ccc(F)cc1. The van der Waals surface area contributed by atoms with Crippen LogP contribution in [0, 0.1) is 5.82 Å². The second-order valence-electron chi connectivity index (χ2n) is 5.70. The molecule has 3 aromatic rings. The van der Waals surface area contributed by atoms with E-state index in [1.54, 1.807) is 0 Å². The lowest BCUT2D eigenvalue weighted by Gasteiger charge is -2.24. The van der Waals surface area contributed by atoms with Gasteiger partial charge in [-0.05, 0) is 31.8 Å². The lowest BCUT2D eigenvalue weighted by atomic mass is 10.1. The zero-order chi connectivity index (χ0) is 16.9. The molecule has 0 saturated heterocycles. The van der Waals surface area contributed by atoms with Gasteiger partial charge in [0.1, 0.15) is 5.82 Å². The molecule has 124 valence electrons. The Morgan fingerprint density at radius 2 is 1.79 bits per heavy atom. The van der Waals surface area contributed by atoms with Crippen LogP contribution in [0.5, 0.6) is 0 Å². The van der Waals surface area contributed by atoms with E-state index in [1.807, 2.05) is 56.6 Å². The molecule has 0 amide bonds. The second kappa shape index (κ2) is 7.51. The molecule has 0 fully saturated rings. The van der Waals surface area contributed by atoms with E-state index in [0.717, 1.165) is 22.1 Å². The van der Waals surface area contributed by atoms with Gasteiger partial charge in [-0.25, -0.2) is 4.39 Å². The molecular weight excluding hydrogens is 323 g/mol. The van der Waals surface area contributed by atoms with Crippen LogP contribution < -0.4 is 5.32 Å². The van der Waals surface area contributed by atoms with E-state index in [0.29, 0.717) is 6.54 Å². The minimum Gasteiger partial charge on any atom is -0.358 e. The Bertz CT molecular complexity index is 771. The van der Waals surface area contributed by atoms with Crippen molar-refractivity contribution >= 4 is 16.7 Å². The van der Waals surface area contributed by atoms with Gasteiger partial charge in [-0.2, -0.15) is 9.36 Å². The summed E-state index contributed by atoms with van der Waals surface area (Å²) in [5, 5.41) is 4.12. The summed E-state index contributed by atoms with van der Waals surface area (Å²) in [5.41, 5.74) is 2.06. The van der Waals surface area contributed by atoms with Gasteiger partial charge in [-0.15, -0.1) is 0 Å². The highest BCUT2D eigenvalue weighted by molar-refractivity contribution is 7.09. The highest BCUT2D eigenvalue weighted by Gasteiger charge is 2.15. The summed E-state index contributed by atoms with van der Waals surface area (Å²) in [5.74, 6) is 0.507. The molecule has 2 aromatic carbocycles. The molecule has 1 unspecified atom stereocenters. The normalized spacial score (nSPS) is 12.3. The minimum absolute atomic E-state index is 0.120. The van der Waals surface area contributed by atoms with Gasteiger partial charge in [-0.3, -0.25) is 0 Å². The molecule has 1 atom stereocenters. The van der Waals surface area contributed by atoms with Crippen LogP contribution in [0.15, 0.2) is 54.6 Å². The van der Waals surface area contributed by atoms with Crippen molar-refractivity contribution in [2.24, 2.45) is 0 Å². The van der Waals surface area contributed by atoms with E-state index < -0.39 is 0 Å². The van der Waals surface area contributed by atoms with E-state index in [4.69, 9.17) is 0 Å². The third-order valence-electron chi connectivity index (χ3n) is 3.78. The average Bonchev–Trinajstić information content (AvgIpc) is 3.06. The first kappa shape index (κ1) is 16.5. The number of nitrogens with one attached hydrogen (secondary N) is 1. The number of rotatable bonds is 6. The Morgan fingerprint density at radius 3 is 2.46 bits per heavy atom.